The highest BCUT2D eigenvalue weighted by molar-refractivity contribution is 9.10. The Labute approximate surface area is 288 Å². The maximum atomic E-state index is 15.4. The quantitative estimate of drug-likeness (QED) is 0.0861. The molecule has 0 aliphatic rings. The van der Waals surface area contributed by atoms with Crippen LogP contribution in [-0.2, 0) is 0 Å². The lowest BCUT2D eigenvalue weighted by molar-refractivity contribution is -0.254. The minimum atomic E-state index is -7.22. The van der Waals surface area contributed by atoms with Gasteiger partial charge in [-0.3, -0.25) is 0 Å². The van der Waals surface area contributed by atoms with Crippen molar-refractivity contribution < 1.29 is 93.5 Å². The van der Waals surface area contributed by atoms with E-state index in [4.69, 9.17) is 0 Å². The molecule has 5 rings (SSSR count). The lowest BCUT2D eigenvalue weighted by Crippen LogP contribution is -2.81. The first-order valence-corrected chi connectivity index (χ1v) is 14.1. The smallest absolute Gasteiger partial charge is 0.200 e. The molecule has 53 heavy (non-hydrogen) atoms. The summed E-state index contributed by atoms with van der Waals surface area (Å²) in [5.41, 5.74) is -9.54. The fourth-order valence-electron chi connectivity index (χ4n) is 5.36. The van der Waals surface area contributed by atoms with E-state index in [0.29, 0.717) is 0 Å². The predicted octanol–water partition coefficient (Wildman–Crippen LogP) is 7.17. The molecule has 1 nitrogen and oxygen atoms in total. The van der Waals surface area contributed by atoms with Crippen LogP contribution < -0.4 is 27.6 Å². The van der Waals surface area contributed by atoms with Crippen molar-refractivity contribution >= 4 is 49.6 Å². The summed E-state index contributed by atoms with van der Waals surface area (Å²) < 4.78 is 295. The summed E-state index contributed by atoms with van der Waals surface area (Å²) in [6.07, 6.45) is -7.22. The molecule has 23 heteroatoms. The summed E-state index contributed by atoms with van der Waals surface area (Å²) in [4.78, 5) is 0. The van der Waals surface area contributed by atoms with Gasteiger partial charge >= 0.3 is 0 Å². The summed E-state index contributed by atoms with van der Waals surface area (Å²) in [6, 6.07) is 7.87. The van der Waals surface area contributed by atoms with Gasteiger partial charge in [-0.25, -0.2) is 87.8 Å². The summed E-state index contributed by atoms with van der Waals surface area (Å²) in [7, 11) is 0. The van der Waals surface area contributed by atoms with E-state index in [0.717, 1.165) is 10.2 Å². The molecule has 0 bridgehead atoms. The molecular weight excluding hydrogens is 845 g/mol. The highest BCUT2D eigenvalue weighted by Crippen LogP contribution is 2.30. The molecule has 0 atom stereocenters. The van der Waals surface area contributed by atoms with E-state index in [1.165, 1.54) is 0 Å². The van der Waals surface area contributed by atoms with E-state index in [1.54, 1.807) is 0 Å². The normalized spacial score (nSPS) is 11.6. The molecule has 0 fully saturated rings. The Morgan fingerprint density at radius 3 is 0.585 bits per heavy atom. The van der Waals surface area contributed by atoms with E-state index < -0.39 is 144 Å². The molecule has 5 aromatic carbocycles. The number of rotatable bonds is 4. The Hall–Kier alpha value is -4.80. The number of quaternary nitrogens is 1. The molecule has 0 aromatic heterocycles. The fourth-order valence-corrected chi connectivity index (χ4v) is 5.62. The van der Waals surface area contributed by atoms with Crippen LogP contribution in [0.5, 0.6) is 0 Å². The molecule has 0 spiro atoms. The zero-order valence-corrected chi connectivity index (χ0v) is 26.1. The van der Waals surface area contributed by atoms with Crippen molar-refractivity contribution in [2.45, 2.75) is 0 Å². The SMILES string of the molecule is Fc1c(F)c(F)c([B-](c2c(F)c(F)c(F)c(F)c2F)(c2c(F)c(F)c(F)c(F)c2F)c2c(F)c(F)c(F)c(F)c2F)c(F)c1F.[NH3+]c1ccc(Br)cc1. The maximum absolute atomic E-state index is 15.4. The Morgan fingerprint density at radius 1 is 0.283 bits per heavy atom. The van der Waals surface area contributed by atoms with Crippen LogP contribution in [0, 0.1) is 116 Å². The molecule has 0 amide bonds. The molecule has 0 unspecified atom stereocenters. The Balaban J connectivity index is 0.000000692. The molecule has 0 aliphatic carbocycles. The summed E-state index contributed by atoms with van der Waals surface area (Å²) >= 11 is 3.32. The van der Waals surface area contributed by atoms with Crippen molar-refractivity contribution in [3.05, 3.63) is 145 Å². The number of benzene rings is 5. The summed E-state index contributed by atoms with van der Waals surface area (Å²) in [5, 5.41) is 0. The van der Waals surface area contributed by atoms with Gasteiger partial charge in [-0.15, -0.1) is 21.9 Å². The van der Waals surface area contributed by atoms with Gasteiger partial charge in [-0.1, -0.05) is 15.9 Å². The predicted molar refractivity (Wildman–Crippen MR) is 146 cm³/mol. The first-order chi connectivity index (χ1) is 24.5. The molecule has 0 saturated carbocycles. The Morgan fingerprint density at radius 2 is 0.434 bits per heavy atom. The highest BCUT2D eigenvalue weighted by Gasteiger charge is 2.52. The van der Waals surface area contributed by atoms with Crippen molar-refractivity contribution in [2.75, 3.05) is 0 Å². The van der Waals surface area contributed by atoms with Gasteiger partial charge in [-0.2, -0.15) is 0 Å². The van der Waals surface area contributed by atoms with Crippen LogP contribution in [0.1, 0.15) is 0 Å². The minimum absolute atomic E-state index is 1.05. The van der Waals surface area contributed by atoms with Gasteiger partial charge in [0.2, 0.25) is 0 Å². The zero-order chi connectivity index (χ0) is 40.3. The molecule has 0 heterocycles. The average Bonchev–Trinajstić information content (AvgIpc) is 3.12. The maximum Gasteiger partial charge on any atom is 0.200 e. The van der Waals surface area contributed by atoms with Gasteiger partial charge in [0.15, 0.2) is 69.8 Å². The van der Waals surface area contributed by atoms with E-state index >= 15 is 35.1 Å². The standard InChI is InChI=1S/C24BF20.C6H6BrN/c26-5-1(6(27)14(35)21(42)13(5)34)25(2-7(28)15(36)22(43)16(37)8(2)29,3-9(30)17(38)23(44)18(39)10(3)31)4-11(32)19(40)24(45)20(41)12(4)33;7-5-1-3-6(8)4-2-5/h;1-4H,8H2/q-1;/p+1. The van der Waals surface area contributed by atoms with Crippen molar-refractivity contribution in [3.8, 4) is 0 Å². The molecule has 0 aliphatic heterocycles. The van der Waals surface area contributed by atoms with Gasteiger partial charge in [0.25, 0.3) is 0 Å². The third kappa shape index (κ3) is 6.15. The van der Waals surface area contributed by atoms with E-state index in [2.05, 4.69) is 21.7 Å². The first kappa shape index (κ1) is 41.0. The molecule has 3 N–H and O–H groups in total. The summed E-state index contributed by atoms with van der Waals surface area (Å²) in [6.45, 7) is 0. The van der Waals surface area contributed by atoms with Crippen LogP contribution in [0.15, 0.2) is 28.7 Å². The third-order valence-corrected chi connectivity index (χ3v) is 8.15. The number of hydrogen-bond acceptors (Lipinski definition) is 0. The van der Waals surface area contributed by atoms with Gasteiger partial charge < -0.3 is 5.73 Å². The lowest BCUT2D eigenvalue weighted by Gasteiger charge is -2.44. The van der Waals surface area contributed by atoms with Crippen LogP contribution >= 0.6 is 15.9 Å². The van der Waals surface area contributed by atoms with Crippen molar-refractivity contribution in [1.82, 2.24) is 0 Å². The molecular formula is C30H7BBrF20N. The second-order valence-corrected chi connectivity index (χ2v) is 11.3. The number of hydrogen-bond donors (Lipinski definition) is 1. The molecule has 5 aromatic rings. The van der Waals surface area contributed by atoms with Gasteiger partial charge in [0, 0.05) is 4.47 Å². The van der Waals surface area contributed by atoms with E-state index in [1.807, 2.05) is 24.3 Å². The van der Waals surface area contributed by atoms with Crippen molar-refractivity contribution in [2.24, 2.45) is 0 Å². The Bertz CT molecular complexity index is 1910. The molecule has 282 valence electrons. The van der Waals surface area contributed by atoms with Gasteiger partial charge in [-0.05, 0) is 24.3 Å². The van der Waals surface area contributed by atoms with Crippen LogP contribution in [0.3, 0.4) is 0 Å². The van der Waals surface area contributed by atoms with Crippen molar-refractivity contribution in [1.29, 1.82) is 0 Å². The van der Waals surface area contributed by atoms with Gasteiger partial charge in [0.1, 0.15) is 58.4 Å². The second kappa shape index (κ2) is 14.6. The average molecular weight is 852 g/mol. The largest absolute Gasteiger partial charge is 0.325 e. The van der Waals surface area contributed by atoms with Crippen LogP contribution in [0.2, 0.25) is 0 Å². The monoisotopic (exact) mass is 851 g/mol. The highest BCUT2D eigenvalue weighted by atomic mass is 79.9. The first-order valence-electron chi connectivity index (χ1n) is 13.3. The van der Waals surface area contributed by atoms with Crippen LogP contribution in [0.4, 0.5) is 93.5 Å². The van der Waals surface area contributed by atoms with Crippen molar-refractivity contribution in [3.63, 3.8) is 0 Å². The fraction of sp³-hybridized carbons (Fsp3) is 0. The lowest BCUT2D eigenvalue weighted by atomic mass is 9.12. The van der Waals surface area contributed by atoms with E-state index in [9.17, 15) is 52.7 Å². The summed E-state index contributed by atoms with van der Waals surface area (Å²) in [5.74, 6) is -71.4. The molecule has 0 radical (unpaired) electrons. The molecule has 0 saturated heterocycles. The van der Waals surface area contributed by atoms with E-state index in [-0.39, 0.29) is 0 Å². The Kier molecular flexibility index (Phi) is 11.3. The minimum Gasteiger partial charge on any atom is -0.325 e. The second-order valence-electron chi connectivity index (χ2n) is 10.4. The van der Waals surface area contributed by atoms with Gasteiger partial charge in [0.05, 0.1) is 0 Å². The number of halogens is 21. The zero-order valence-electron chi connectivity index (χ0n) is 24.5. The third-order valence-electron chi connectivity index (χ3n) is 7.62. The topological polar surface area (TPSA) is 27.6 Å². The van der Waals surface area contributed by atoms with Crippen LogP contribution in [-0.4, -0.2) is 6.15 Å². The van der Waals surface area contributed by atoms with Crippen LogP contribution in [0.25, 0.3) is 0 Å².